The van der Waals surface area contributed by atoms with Gasteiger partial charge in [0.25, 0.3) is 11.2 Å². The van der Waals surface area contributed by atoms with Crippen LogP contribution in [0.1, 0.15) is 11.8 Å². The van der Waals surface area contributed by atoms with E-state index in [0.717, 1.165) is 22.9 Å². The van der Waals surface area contributed by atoms with Gasteiger partial charge in [0.15, 0.2) is 12.3 Å². The van der Waals surface area contributed by atoms with Crippen LogP contribution in [0.5, 0.6) is 0 Å². The highest BCUT2D eigenvalue weighted by Crippen LogP contribution is 2.30. The number of benzene rings is 1. The predicted octanol–water partition coefficient (Wildman–Crippen LogP) is -1.35. The molecule has 2 amide bonds. The van der Waals surface area contributed by atoms with E-state index in [9.17, 15) is 44.6 Å². The van der Waals surface area contributed by atoms with Crippen molar-refractivity contribution in [1.82, 2.24) is 14.9 Å². The fourth-order valence-corrected chi connectivity index (χ4v) is 3.23. The van der Waals surface area contributed by atoms with Crippen LogP contribution in [0.4, 0.5) is 16.2 Å². The lowest BCUT2D eigenvalue weighted by molar-refractivity contribution is -0.384. The Kier molecular flexibility index (Phi) is 6.57. The van der Waals surface area contributed by atoms with Crippen molar-refractivity contribution >= 4 is 23.4 Å². The number of aryl methyl sites for hydroxylation is 1. The number of hydrogen-bond acceptors (Lipinski definition) is 9. The van der Waals surface area contributed by atoms with E-state index in [1.807, 2.05) is 4.98 Å². The first-order valence-corrected chi connectivity index (χ1v) is 9.38. The molecule has 5 atom stereocenters. The molecule has 1 aromatic heterocycles. The number of nitrogens with one attached hydrogen (secondary N) is 3. The molecule has 176 valence electrons. The van der Waals surface area contributed by atoms with E-state index in [4.69, 9.17) is 4.74 Å². The molecule has 33 heavy (non-hydrogen) atoms. The monoisotopic (exact) mass is 465 g/mol. The summed E-state index contributed by atoms with van der Waals surface area (Å²) in [5.74, 6) is -1.62. The van der Waals surface area contributed by atoms with Crippen molar-refractivity contribution in [3.05, 3.63) is 67.0 Å². The minimum absolute atomic E-state index is 0.0960. The minimum Gasteiger partial charge on any atom is -0.480 e. The van der Waals surface area contributed by atoms with Crippen LogP contribution in [0.3, 0.4) is 0 Å². The van der Waals surface area contributed by atoms with Crippen LogP contribution >= 0.6 is 0 Å². The number of aliphatic hydroxyl groups excluding tert-OH is 2. The fraction of sp³-hybridized carbons (Fsp3) is 0.333. The summed E-state index contributed by atoms with van der Waals surface area (Å²) in [7, 11) is 0. The van der Waals surface area contributed by atoms with Gasteiger partial charge in [0.2, 0.25) is 0 Å². The van der Waals surface area contributed by atoms with Gasteiger partial charge in [0.05, 0.1) is 4.92 Å². The van der Waals surface area contributed by atoms with Gasteiger partial charge < -0.3 is 30.7 Å². The highest BCUT2D eigenvalue weighted by molar-refractivity contribution is 5.92. The molecule has 0 saturated carbocycles. The Balaban J connectivity index is 1.77. The van der Waals surface area contributed by atoms with E-state index in [1.165, 1.54) is 19.1 Å². The number of hydrogen-bond donors (Lipinski definition) is 6. The molecule has 1 aliphatic rings. The highest BCUT2D eigenvalue weighted by Gasteiger charge is 2.50. The van der Waals surface area contributed by atoms with E-state index in [0.29, 0.717) is 0 Å². The number of amides is 2. The van der Waals surface area contributed by atoms with Crippen LogP contribution < -0.4 is 21.9 Å². The number of non-ortho nitro benzene ring substituents is 1. The van der Waals surface area contributed by atoms with Gasteiger partial charge in [0, 0.05) is 29.6 Å². The zero-order valence-corrected chi connectivity index (χ0v) is 16.9. The van der Waals surface area contributed by atoms with E-state index in [2.05, 4.69) is 10.6 Å². The zero-order chi connectivity index (χ0) is 24.4. The van der Waals surface area contributed by atoms with Gasteiger partial charge in [-0.25, -0.2) is 14.4 Å². The van der Waals surface area contributed by atoms with E-state index < -0.39 is 58.8 Å². The van der Waals surface area contributed by atoms with Crippen LogP contribution in [-0.2, 0) is 9.53 Å². The summed E-state index contributed by atoms with van der Waals surface area (Å²) in [5.41, 5.74) is -1.64. The number of H-pyrrole nitrogens is 1. The van der Waals surface area contributed by atoms with Crippen LogP contribution in [0.2, 0.25) is 0 Å². The number of rotatable bonds is 6. The number of nitrogens with zero attached hydrogens (tertiary/aromatic N) is 2. The molecule has 3 rings (SSSR count). The average molecular weight is 465 g/mol. The summed E-state index contributed by atoms with van der Waals surface area (Å²) in [4.78, 5) is 59.7. The maximum atomic E-state index is 12.3. The van der Waals surface area contributed by atoms with Crippen LogP contribution in [0.25, 0.3) is 0 Å². The number of carbonyl (C=O) groups is 2. The second-order valence-corrected chi connectivity index (χ2v) is 7.17. The lowest BCUT2D eigenvalue weighted by Crippen LogP contribution is -2.54. The molecule has 0 bridgehead atoms. The average Bonchev–Trinajstić information content (AvgIpc) is 3.03. The minimum atomic E-state index is -1.86. The quantitative estimate of drug-likeness (QED) is 0.217. The Morgan fingerprint density at radius 2 is 1.85 bits per heavy atom. The van der Waals surface area contributed by atoms with Gasteiger partial charge in [-0.2, -0.15) is 0 Å². The molecule has 1 aliphatic heterocycles. The third-order valence-corrected chi connectivity index (χ3v) is 4.91. The van der Waals surface area contributed by atoms with E-state index in [-0.39, 0.29) is 16.9 Å². The summed E-state index contributed by atoms with van der Waals surface area (Å²) < 4.78 is 6.20. The number of carboxylic acid groups (broad SMARTS) is 1. The Labute approximate surface area is 183 Å². The van der Waals surface area contributed by atoms with E-state index in [1.54, 1.807) is 0 Å². The summed E-state index contributed by atoms with van der Waals surface area (Å²) in [6.45, 7) is 1.38. The maximum absolute atomic E-state index is 12.3. The lowest BCUT2D eigenvalue weighted by Gasteiger charge is -2.23. The summed E-state index contributed by atoms with van der Waals surface area (Å²) in [6, 6.07) is 1.79. The molecule has 0 unspecified atom stereocenters. The van der Waals surface area contributed by atoms with Crippen molar-refractivity contribution in [3.63, 3.8) is 0 Å². The molecule has 1 aromatic carbocycles. The SMILES string of the molecule is Cc1cn([C@@H]2O[C@H]([C@H](NC(=O)Nc3ccc([N+](=O)[O-])cc3)C(=O)O)[C@@H](O)[C@H]2O)c(=O)[nH]c1=O. The van der Waals surface area contributed by atoms with Crippen molar-refractivity contribution in [2.75, 3.05) is 5.32 Å². The largest absolute Gasteiger partial charge is 0.480 e. The van der Waals surface area contributed by atoms with Crippen LogP contribution in [0, 0.1) is 17.0 Å². The van der Waals surface area contributed by atoms with Crippen molar-refractivity contribution in [2.45, 2.75) is 37.5 Å². The first-order chi connectivity index (χ1) is 15.5. The number of aromatic amines is 1. The number of ether oxygens (including phenoxy) is 1. The Bertz CT molecular complexity index is 1190. The zero-order valence-electron chi connectivity index (χ0n) is 16.9. The third-order valence-electron chi connectivity index (χ3n) is 4.91. The first-order valence-electron chi connectivity index (χ1n) is 9.38. The normalized spacial score (nSPS) is 23.0. The molecular weight excluding hydrogens is 446 g/mol. The number of carboxylic acids is 1. The second-order valence-electron chi connectivity index (χ2n) is 7.17. The summed E-state index contributed by atoms with van der Waals surface area (Å²) >= 11 is 0. The number of aliphatic carboxylic acids is 1. The van der Waals surface area contributed by atoms with Gasteiger partial charge in [-0.3, -0.25) is 24.5 Å². The van der Waals surface area contributed by atoms with E-state index >= 15 is 0 Å². The molecule has 2 aromatic rings. The van der Waals surface area contributed by atoms with Crippen molar-refractivity contribution in [3.8, 4) is 0 Å². The number of carbonyl (C=O) groups excluding carboxylic acids is 1. The summed E-state index contributed by atoms with van der Waals surface area (Å²) in [6.07, 6.45) is -5.73. The molecule has 2 heterocycles. The molecule has 0 spiro atoms. The van der Waals surface area contributed by atoms with Gasteiger partial charge in [-0.1, -0.05) is 0 Å². The van der Waals surface area contributed by atoms with Crippen molar-refractivity contribution in [1.29, 1.82) is 0 Å². The van der Waals surface area contributed by atoms with Crippen molar-refractivity contribution in [2.24, 2.45) is 0 Å². The third kappa shape index (κ3) is 4.89. The molecule has 1 saturated heterocycles. The smallest absolute Gasteiger partial charge is 0.330 e. The van der Waals surface area contributed by atoms with Gasteiger partial charge in [-0.05, 0) is 19.1 Å². The molecule has 1 fully saturated rings. The maximum Gasteiger partial charge on any atom is 0.330 e. The van der Waals surface area contributed by atoms with Gasteiger partial charge in [-0.15, -0.1) is 0 Å². The number of urea groups is 1. The topological polar surface area (TPSA) is 226 Å². The van der Waals surface area contributed by atoms with Crippen molar-refractivity contribution < 1.29 is 34.6 Å². The molecule has 15 heteroatoms. The highest BCUT2D eigenvalue weighted by atomic mass is 16.6. The number of aliphatic hydroxyl groups is 2. The Morgan fingerprint density at radius 1 is 1.21 bits per heavy atom. The standard InChI is InChI=1S/C18H19N5O10/c1-7-6-22(18(30)21-14(7)26)15-12(25)11(24)13(33-15)10(16(27)28)20-17(29)19-8-2-4-9(5-3-8)23(31)32/h2-6,10-13,15,24-25H,1H3,(H,27,28)(H2,19,20,29)(H,21,26,30)/t10-,11-,12+,13+,15+/m0/s1. The first kappa shape index (κ1) is 23.6. The fourth-order valence-electron chi connectivity index (χ4n) is 3.23. The van der Waals surface area contributed by atoms with Crippen LogP contribution in [0.15, 0.2) is 40.1 Å². The second kappa shape index (κ2) is 9.19. The van der Waals surface area contributed by atoms with Crippen LogP contribution in [-0.4, -0.2) is 66.1 Å². The number of aromatic nitrogens is 2. The molecule has 6 N–H and O–H groups in total. The number of anilines is 1. The Hall–Kier alpha value is -4.08. The molecule has 0 radical (unpaired) electrons. The molecular formula is C18H19N5O10. The van der Waals surface area contributed by atoms with Gasteiger partial charge in [0.1, 0.15) is 18.3 Å². The molecule has 0 aliphatic carbocycles. The molecule has 15 nitrogen and oxygen atoms in total. The Morgan fingerprint density at radius 3 is 2.42 bits per heavy atom. The van der Waals surface area contributed by atoms with Gasteiger partial charge >= 0.3 is 17.7 Å². The summed E-state index contributed by atoms with van der Waals surface area (Å²) in [5, 5.41) is 45.3. The lowest BCUT2D eigenvalue weighted by atomic mass is 10.0. The predicted molar refractivity (Wildman–Crippen MR) is 109 cm³/mol. The number of nitro benzene ring substituents is 1. The number of nitro groups is 1.